The molecule has 1 atom stereocenters. The van der Waals surface area contributed by atoms with Gasteiger partial charge in [-0.2, -0.15) is 0 Å². The maximum absolute atomic E-state index is 10.6. The number of nitro benzene ring substituents is 1. The molecule has 0 aliphatic rings. The Kier molecular flexibility index (Phi) is 4.37. The van der Waals surface area contributed by atoms with E-state index in [1.807, 2.05) is 19.1 Å². The molecule has 0 saturated carbocycles. The summed E-state index contributed by atoms with van der Waals surface area (Å²) in [6, 6.07) is 9.87. The summed E-state index contributed by atoms with van der Waals surface area (Å²) in [5.41, 5.74) is 0.833. The van der Waals surface area contributed by atoms with E-state index < -0.39 is 4.92 Å². The first-order valence-electron chi connectivity index (χ1n) is 6.16. The highest BCUT2D eigenvalue weighted by molar-refractivity contribution is 5.49. The van der Waals surface area contributed by atoms with Gasteiger partial charge >= 0.3 is 0 Å². The van der Waals surface area contributed by atoms with Crippen LogP contribution < -0.4 is 5.32 Å². The molecule has 0 saturated heterocycles. The molecule has 0 aliphatic heterocycles. The van der Waals surface area contributed by atoms with Gasteiger partial charge in [0.25, 0.3) is 5.69 Å². The van der Waals surface area contributed by atoms with Crippen LogP contribution >= 0.6 is 0 Å². The van der Waals surface area contributed by atoms with Gasteiger partial charge in [0.05, 0.1) is 11.5 Å². The van der Waals surface area contributed by atoms with Gasteiger partial charge in [-0.15, -0.1) is 0 Å². The molecule has 6 heteroatoms. The zero-order valence-electron chi connectivity index (χ0n) is 11.3. The van der Waals surface area contributed by atoms with Gasteiger partial charge in [0, 0.05) is 24.9 Å². The number of rotatable bonds is 6. The Balaban J connectivity index is 2.13. The average Bonchev–Trinajstić information content (AvgIpc) is 2.85. The average molecular weight is 276 g/mol. The molecular weight excluding hydrogens is 260 g/mol. The third-order valence-electron chi connectivity index (χ3n) is 2.86. The topological polar surface area (TPSA) is 77.5 Å². The Morgan fingerprint density at radius 1 is 1.30 bits per heavy atom. The molecule has 0 bridgehead atoms. The first-order valence-corrected chi connectivity index (χ1v) is 6.16. The molecule has 1 aromatic heterocycles. The molecule has 6 nitrogen and oxygen atoms in total. The summed E-state index contributed by atoms with van der Waals surface area (Å²) in [7, 11) is 1.61. The van der Waals surface area contributed by atoms with Crippen LogP contribution in [0.25, 0.3) is 0 Å². The van der Waals surface area contributed by atoms with E-state index in [2.05, 4.69) is 5.32 Å². The number of furan rings is 1. The lowest BCUT2D eigenvalue weighted by Gasteiger charge is -2.17. The summed E-state index contributed by atoms with van der Waals surface area (Å²) in [6.07, 6.45) is 0. The van der Waals surface area contributed by atoms with Crippen molar-refractivity contribution in [2.24, 2.45) is 0 Å². The predicted octanol–water partition coefficient (Wildman–Crippen LogP) is 3.30. The van der Waals surface area contributed by atoms with E-state index in [0.717, 1.165) is 17.2 Å². The molecule has 0 amide bonds. The molecule has 2 rings (SSSR count). The summed E-state index contributed by atoms with van der Waals surface area (Å²) < 4.78 is 10.8. The number of nitro groups is 1. The van der Waals surface area contributed by atoms with Crippen LogP contribution in [0.1, 0.15) is 17.6 Å². The van der Waals surface area contributed by atoms with Crippen molar-refractivity contribution in [3.05, 3.63) is 58.0 Å². The normalized spacial score (nSPS) is 12.1. The zero-order chi connectivity index (χ0) is 14.5. The van der Waals surface area contributed by atoms with E-state index >= 15 is 0 Å². The number of non-ortho nitro benzene ring substituents is 1. The van der Waals surface area contributed by atoms with Crippen LogP contribution in [-0.4, -0.2) is 18.6 Å². The van der Waals surface area contributed by atoms with E-state index in [1.165, 1.54) is 12.1 Å². The number of hydrogen-bond acceptors (Lipinski definition) is 5. The first kappa shape index (κ1) is 14.1. The third kappa shape index (κ3) is 3.36. The van der Waals surface area contributed by atoms with Crippen molar-refractivity contribution in [2.45, 2.75) is 13.0 Å². The predicted molar refractivity (Wildman–Crippen MR) is 74.8 cm³/mol. The van der Waals surface area contributed by atoms with Gasteiger partial charge < -0.3 is 14.5 Å². The number of anilines is 1. The molecule has 20 heavy (non-hydrogen) atoms. The van der Waals surface area contributed by atoms with Crippen molar-refractivity contribution < 1.29 is 14.1 Å². The molecular formula is C14H16N2O4. The van der Waals surface area contributed by atoms with Gasteiger partial charge in [0.2, 0.25) is 0 Å². The van der Waals surface area contributed by atoms with Crippen molar-refractivity contribution in [1.82, 2.24) is 0 Å². The Morgan fingerprint density at radius 2 is 2.00 bits per heavy atom. The maximum atomic E-state index is 10.6. The van der Waals surface area contributed by atoms with Crippen LogP contribution in [0.4, 0.5) is 11.4 Å². The second kappa shape index (κ2) is 6.21. The number of nitrogens with zero attached hydrogens (tertiary/aromatic N) is 1. The fourth-order valence-electron chi connectivity index (χ4n) is 1.88. The number of aryl methyl sites for hydroxylation is 1. The van der Waals surface area contributed by atoms with E-state index in [9.17, 15) is 10.1 Å². The Bertz CT molecular complexity index is 577. The lowest BCUT2D eigenvalue weighted by atomic mass is 10.2. The SMILES string of the molecule is COC[C@H](Nc1ccc([N+](=O)[O-])cc1)c1ccc(C)o1. The second-order valence-corrected chi connectivity index (χ2v) is 4.40. The minimum Gasteiger partial charge on any atom is -0.464 e. The van der Waals surface area contributed by atoms with Crippen LogP contribution in [0.2, 0.25) is 0 Å². The Morgan fingerprint density at radius 3 is 2.50 bits per heavy atom. The van der Waals surface area contributed by atoms with Gasteiger partial charge in [-0.1, -0.05) is 0 Å². The van der Waals surface area contributed by atoms with Crippen LogP contribution in [0.15, 0.2) is 40.8 Å². The van der Waals surface area contributed by atoms with Gasteiger partial charge in [0.15, 0.2) is 0 Å². The largest absolute Gasteiger partial charge is 0.464 e. The number of nitrogens with one attached hydrogen (secondary N) is 1. The van der Waals surface area contributed by atoms with Gasteiger partial charge in [0.1, 0.15) is 17.6 Å². The smallest absolute Gasteiger partial charge is 0.269 e. The molecule has 106 valence electrons. The molecule has 1 N–H and O–H groups in total. The molecule has 0 unspecified atom stereocenters. The van der Waals surface area contributed by atoms with Crippen LogP contribution in [-0.2, 0) is 4.74 Å². The Hall–Kier alpha value is -2.34. The molecule has 0 spiro atoms. The first-order chi connectivity index (χ1) is 9.60. The molecule has 0 aliphatic carbocycles. The quantitative estimate of drug-likeness (QED) is 0.647. The number of benzene rings is 1. The van der Waals surface area contributed by atoms with E-state index in [4.69, 9.17) is 9.15 Å². The van der Waals surface area contributed by atoms with Crippen molar-refractivity contribution in [3.63, 3.8) is 0 Å². The minimum atomic E-state index is -0.424. The lowest BCUT2D eigenvalue weighted by molar-refractivity contribution is -0.384. The van der Waals surface area contributed by atoms with Crippen LogP contribution in [0, 0.1) is 17.0 Å². The molecule has 1 aromatic carbocycles. The minimum absolute atomic E-state index is 0.0627. The van der Waals surface area contributed by atoms with E-state index in [-0.39, 0.29) is 11.7 Å². The van der Waals surface area contributed by atoms with Gasteiger partial charge in [-0.25, -0.2) is 0 Å². The van der Waals surface area contributed by atoms with Gasteiger partial charge in [-0.3, -0.25) is 10.1 Å². The molecule has 2 aromatic rings. The fraction of sp³-hybridized carbons (Fsp3) is 0.286. The fourth-order valence-corrected chi connectivity index (χ4v) is 1.88. The molecule has 1 heterocycles. The standard InChI is InChI=1S/C14H16N2O4/c1-10-3-8-14(20-10)13(9-19-2)15-11-4-6-12(7-5-11)16(17)18/h3-8,13,15H,9H2,1-2H3/t13-/m0/s1. The van der Waals surface area contributed by atoms with E-state index in [1.54, 1.807) is 19.2 Å². The number of hydrogen-bond donors (Lipinski definition) is 1. The zero-order valence-corrected chi connectivity index (χ0v) is 11.3. The second-order valence-electron chi connectivity index (χ2n) is 4.40. The monoisotopic (exact) mass is 276 g/mol. The number of methoxy groups -OCH3 is 1. The van der Waals surface area contributed by atoms with E-state index in [0.29, 0.717) is 6.61 Å². The van der Waals surface area contributed by atoms with Crippen molar-refractivity contribution in [2.75, 3.05) is 19.0 Å². The summed E-state index contributed by atoms with van der Waals surface area (Å²) >= 11 is 0. The lowest BCUT2D eigenvalue weighted by Crippen LogP contribution is -2.15. The van der Waals surface area contributed by atoms with Crippen LogP contribution in [0.3, 0.4) is 0 Å². The highest BCUT2D eigenvalue weighted by Gasteiger charge is 2.15. The highest BCUT2D eigenvalue weighted by Crippen LogP contribution is 2.23. The summed E-state index contributed by atoms with van der Waals surface area (Å²) in [5.74, 6) is 1.59. The summed E-state index contributed by atoms with van der Waals surface area (Å²) in [4.78, 5) is 10.2. The van der Waals surface area contributed by atoms with Crippen LogP contribution in [0.5, 0.6) is 0 Å². The maximum Gasteiger partial charge on any atom is 0.269 e. The van der Waals surface area contributed by atoms with Gasteiger partial charge in [-0.05, 0) is 31.2 Å². The van der Waals surface area contributed by atoms with Crippen molar-refractivity contribution in [3.8, 4) is 0 Å². The molecule has 0 fully saturated rings. The Labute approximate surface area is 116 Å². The van der Waals surface area contributed by atoms with Crippen molar-refractivity contribution >= 4 is 11.4 Å². The van der Waals surface area contributed by atoms with Crippen molar-refractivity contribution in [1.29, 1.82) is 0 Å². The highest BCUT2D eigenvalue weighted by atomic mass is 16.6. The molecule has 0 radical (unpaired) electrons. The summed E-state index contributed by atoms with van der Waals surface area (Å²) in [6.45, 7) is 2.31. The number of ether oxygens (including phenoxy) is 1. The summed E-state index contributed by atoms with van der Waals surface area (Å²) in [5, 5.41) is 13.8. The third-order valence-corrected chi connectivity index (χ3v) is 2.86.